The van der Waals surface area contributed by atoms with E-state index >= 15 is 0 Å². The van der Waals surface area contributed by atoms with Crippen LogP contribution in [0.25, 0.3) is 0 Å². The molecule has 3 rings (SSSR count). The van der Waals surface area contributed by atoms with E-state index in [0.29, 0.717) is 12.1 Å². The van der Waals surface area contributed by atoms with Crippen molar-refractivity contribution in [2.24, 2.45) is 0 Å². The fourth-order valence-corrected chi connectivity index (χ4v) is 4.24. The van der Waals surface area contributed by atoms with Gasteiger partial charge in [-0.3, -0.25) is 4.90 Å². The number of esters is 1. The first-order chi connectivity index (χ1) is 17.4. The third kappa shape index (κ3) is 5.60. The predicted octanol–water partition coefficient (Wildman–Crippen LogP) is 6.74. The molecule has 38 heavy (non-hydrogen) atoms. The number of rotatable bonds is 4. The number of benzene rings is 2. The zero-order valence-electron chi connectivity index (χ0n) is 19.5. The average Bonchev–Trinajstić information content (AvgIpc) is 2.81. The molecule has 0 aromatic heterocycles. The number of hydrogen-bond acceptors (Lipinski definition) is 4. The summed E-state index contributed by atoms with van der Waals surface area (Å²) in [6.45, 7) is 0.960. The van der Waals surface area contributed by atoms with Crippen LogP contribution in [0.4, 0.5) is 55.7 Å². The van der Waals surface area contributed by atoms with Crippen LogP contribution in [0.1, 0.15) is 41.6 Å². The molecule has 1 heterocycles. The lowest BCUT2D eigenvalue weighted by Gasteiger charge is -2.44. The van der Waals surface area contributed by atoms with Gasteiger partial charge in [0.2, 0.25) is 0 Å². The van der Waals surface area contributed by atoms with Crippen molar-refractivity contribution in [2.75, 3.05) is 23.5 Å². The van der Waals surface area contributed by atoms with Crippen molar-refractivity contribution in [3.63, 3.8) is 0 Å². The van der Waals surface area contributed by atoms with E-state index in [4.69, 9.17) is 0 Å². The highest BCUT2D eigenvalue weighted by Gasteiger charge is 2.44. The molecule has 1 aliphatic heterocycles. The van der Waals surface area contributed by atoms with Gasteiger partial charge in [-0.15, -0.1) is 0 Å². The Kier molecular flexibility index (Phi) is 7.54. The number of carboxylic acid groups (broad SMARTS) is 1. The number of ether oxygens (including phenoxy) is 1. The van der Waals surface area contributed by atoms with E-state index in [0.717, 1.165) is 23.0 Å². The Morgan fingerprint density at radius 1 is 0.895 bits per heavy atom. The zero-order valence-corrected chi connectivity index (χ0v) is 19.5. The molecule has 1 N–H and O–H groups in total. The van der Waals surface area contributed by atoms with Crippen molar-refractivity contribution in [1.82, 2.24) is 0 Å². The highest BCUT2D eigenvalue weighted by molar-refractivity contribution is 5.95. The monoisotopic (exact) mass is 558 g/mol. The molecular weight excluding hydrogens is 539 g/mol. The molecule has 208 valence electrons. The fourth-order valence-electron chi connectivity index (χ4n) is 4.24. The normalized spacial score (nSPS) is 17.2. The highest BCUT2D eigenvalue weighted by atomic mass is 19.4. The third-order valence-electron chi connectivity index (χ3n) is 5.98. The SMILES string of the molecule is CC[C@@H]1CN(C(C(=O)OC)c2cc(C(F)(F)F)cc(C(F)(F)F)c2)c2cc(C(F)(F)F)ccc2N1C(=O)O. The van der Waals surface area contributed by atoms with Gasteiger partial charge in [-0.2, -0.15) is 39.5 Å². The Hall–Kier alpha value is -3.65. The molecule has 0 bridgehead atoms. The third-order valence-corrected chi connectivity index (χ3v) is 5.98. The number of alkyl halides is 9. The molecule has 1 aliphatic rings. The molecule has 2 atom stereocenters. The maximum Gasteiger partial charge on any atom is 0.416 e. The number of anilines is 2. The summed E-state index contributed by atoms with van der Waals surface area (Å²) in [6, 6.07) is -0.876. The summed E-state index contributed by atoms with van der Waals surface area (Å²) in [7, 11) is 0.797. The molecule has 0 fully saturated rings. The van der Waals surface area contributed by atoms with Crippen molar-refractivity contribution in [3.8, 4) is 0 Å². The van der Waals surface area contributed by atoms with Gasteiger partial charge in [-0.05, 0) is 48.4 Å². The van der Waals surface area contributed by atoms with E-state index in [2.05, 4.69) is 4.74 Å². The summed E-state index contributed by atoms with van der Waals surface area (Å²) in [5.74, 6) is -1.38. The number of nitrogens with zero attached hydrogens (tertiary/aromatic N) is 2. The van der Waals surface area contributed by atoms with Gasteiger partial charge < -0.3 is 14.7 Å². The number of methoxy groups -OCH3 is 1. The summed E-state index contributed by atoms with van der Waals surface area (Å²) in [5.41, 5.74) is -6.55. The topological polar surface area (TPSA) is 70.1 Å². The van der Waals surface area contributed by atoms with Gasteiger partial charge in [-0.25, -0.2) is 9.59 Å². The number of fused-ring (bicyclic) bond motifs is 1. The molecule has 2 aromatic rings. The number of carbonyl (C=O) groups excluding carboxylic acids is 1. The molecule has 0 radical (unpaired) electrons. The second-order valence-electron chi connectivity index (χ2n) is 8.33. The van der Waals surface area contributed by atoms with Crippen LogP contribution in [0.15, 0.2) is 36.4 Å². The first-order valence-corrected chi connectivity index (χ1v) is 10.8. The van der Waals surface area contributed by atoms with E-state index < -0.39 is 77.2 Å². The van der Waals surface area contributed by atoms with E-state index in [-0.39, 0.29) is 30.3 Å². The van der Waals surface area contributed by atoms with Crippen molar-refractivity contribution >= 4 is 23.4 Å². The van der Waals surface area contributed by atoms with E-state index in [9.17, 15) is 54.2 Å². The van der Waals surface area contributed by atoms with Gasteiger partial charge in [0.25, 0.3) is 0 Å². The fraction of sp³-hybridized carbons (Fsp3) is 0.391. The molecule has 2 aromatic carbocycles. The average molecular weight is 558 g/mol. The van der Waals surface area contributed by atoms with Crippen LogP contribution in [0.5, 0.6) is 0 Å². The second kappa shape index (κ2) is 9.91. The summed E-state index contributed by atoms with van der Waals surface area (Å²) < 4.78 is 126. The summed E-state index contributed by atoms with van der Waals surface area (Å²) in [6.07, 6.45) is -17.0. The first-order valence-electron chi connectivity index (χ1n) is 10.8. The highest BCUT2D eigenvalue weighted by Crippen LogP contribution is 2.46. The van der Waals surface area contributed by atoms with Crippen LogP contribution in [0.2, 0.25) is 0 Å². The molecule has 0 spiro atoms. The number of hydrogen-bond donors (Lipinski definition) is 1. The molecular formula is C23H19F9N2O4. The van der Waals surface area contributed by atoms with E-state index in [1.807, 2.05) is 0 Å². The maximum atomic E-state index is 13.5. The number of carbonyl (C=O) groups is 2. The standard InChI is InChI=1S/C23H19F9N2O4/c1-3-15-10-33(17-9-12(21(24,25)26)4-5-16(17)34(15)20(36)37)18(19(35)38-2)11-6-13(22(27,28)29)8-14(7-11)23(30,31)32/h4-9,15,18H,3,10H2,1-2H3,(H,36,37)/t15-,18?/m1/s1. The Labute approximate surface area is 209 Å². The molecule has 0 aliphatic carbocycles. The zero-order chi connectivity index (χ0) is 28.8. The summed E-state index contributed by atoms with van der Waals surface area (Å²) in [4.78, 5) is 26.4. The van der Waals surface area contributed by atoms with Crippen LogP contribution in [-0.2, 0) is 28.1 Å². The number of halogens is 9. The number of amides is 1. The van der Waals surface area contributed by atoms with Crippen LogP contribution >= 0.6 is 0 Å². The Balaban J connectivity index is 2.36. The minimum absolute atomic E-state index is 0.0353. The lowest BCUT2D eigenvalue weighted by molar-refractivity contribution is -0.145. The van der Waals surface area contributed by atoms with Crippen molar-refractivity contribution in [1.29, 1.82) is 0 Å². The Morgan fingerprint density at radius 3 is 1.84 bits per heavy atom. The predicted molar refractivity (Wildman–Crippen MR) is 115 cm³/mol. The van der Waals surface area contributed by atoms with Gasteiger partial charge in [-0.1, -0.05) is 6.92 Å². The molecule has 1 unspecified atom stereocenters. The quantitative estimate of drug-likeness (QED) is 0.333. The minimum atomic E-state index is -5.27. The molecule has 0 saturated heterocycles. The molecule has 15 heteroatoms. The van der Waals surface area contributed by atoms with Crippen LogP contribution in [-0.4, -0.2) is 36.9 Å². The van der Waals surface area contributed by atoms with Crippen molar-refractivity contribution < 1.29 is 58.9 Å². The summed E-state index contributed by atoms with van der Waals surface area (Å²) >= 11 is 0. The van der Waals surface area contributed by atoms with Crippen LogP contribution < -0.4 is 9.80 Å². The van der Waals surface area contributed by atoms with Crippen molar-refractivity contribution in [2.45, 2.75) is 44.0 Å². The Morgan fingerprint density at radius 2 is 1.42 bits per heavy atom. The second-order valence-corrected chi connectivity index (χ2v) is 8.33. The molecule has 0 saturated carbocycles. The van der Waals surface area contributed by atoms with Crippen molar-refractivity contribution in [3.05, 3.63) is 58.7 Å². The van der Waals surface area contributed by atoms with E-state index in [1.54, 1.807) is 0 Å². The van der Waals surface area contributed by atoms with Crippen LogP contribution in [0, 0.1) is 0 Å². The Bertz CT molecular complexity index is 1190. The van der Waals surface area contributed by atoms with Gasteiger partial charge in [0.15, 0.2) is 6.04 Å². The minimum Gasteiger partial charge on any atom is -0.467 e. The van der Waals surface area contributed by atoms with Gasteiger partial charge in [0, 0.05) is 6.54 Å². The first kappa shape index (κ1) is 28.9. The molecule has 1 amide bonds. The molecule has 6 nitrogen and oxygen atoms in total. The maximum absolute atomic E-state index is 13.5. The summed E-state index contributed by atoms with van der Waals surface area (Å²) in [5, 5.41) is 9.71. The van der Waals surface area contributed by atoms with E-state index in [1.165, 1.54) is 6.92 Å². The lowest BCUT2D eigenvalue weighted by atomic mass is 9.95. The van der Waals surface area contributed by atoms with Gasteiger partial charge >= 0.3 is 30.6 Å². The van der Waals surface area contributed by atoms with Gasteiger partial charge in [0.1, 0.15) is 0 Å². The van der Waals surface area contributed by atoms with Gasteiger partial charge in [0.05, 0.1) is 41.2 Å². The lowest BCUT2D eigenvalue weighted by Crippen LogP contribution is -2.53. The smallest absolute Gasteiger partial charge is 0.416 e. The largest absolute Gasteiger partial charge is 0.467 e. The van der Waals surface area contributed by atoms with Crippen LogP contribution in [0.3, 0.4) is 0 Å².